The molecule has 0 saturated heterocycles. The van der Waals surface area contributed by atoms with Crippen LogP contribution in [0.5, 0.6) is 0 Å². The summed E-state index contributed by atoms with van der Waals surface area (Å²) in [5, 5.41) is 0. The molecule has 0 spiro atoms. The quantitative estimate of drug-likeness (QED) is 0.425. The van der Waals surface area contributed by atoms with Gasteiger partial charge in [-0.2, -0.15) is 17.2 Å². The van der Waals surface area contributed by atoms with E-state index in [0.29, 0.717) is 0 Å². The van der Waals surface area contributed by atoms with Crippen LogP contribution in [0.15, 0.2) is 12.4 Å². The third-order valence-electron chi connectivity index (χ3n) is 0.0825. The number of halogens is 5. The Kier molecular flexibility index (Phi) is 6.21. The first-order chi connectivity index (χ1) is 4.27. The van der Waals surface area contributed by atoms with Crippen molar-refractivity contribution in [2.45, 2.75) is 0 Å². The lowest BCUT2D eigenvalue weighted by Gasteiger charge is -1.59. The highest BCUT2D eigenvalue weighted by atomic mass is 32.3. The third-order valence-corrected chi connectivity index (χ3v) is 0.0825. The van der Waals surface area contributed by atoms with Gasteiger partial charge in [-0.3, -0.25) is 0 Å². The van der Waals surface area contributed by atoms with Gasteiger partial charge in [0.05, 0.1) is 0 Å². The average molecular weight is 184 g/mol. The summed E-state index contributed by atoms with van der Waals surface area (Å²) in [6.45, 7) is 0. The Balaban J connectivity index is 0. The maximum absolute atomic E-state index is 10.2. The summed E-state index contributed by atoms with van der Waals surface area (Å²) in [7, 11) is -5.67. The minimum absolute atomic E-state index is 0.750. The van der Waals surface area contributed by atoms with Crippen molar-refractivity contribution in [1.29, 1.82) is 0 Å². The van der Waals surface area contributed by atoms with Crippen LogP contribution in [0.1, 0.15) is 0 Å². The van der Waals surface area contributed by atoms with E-state index in [9.17, 15) is 20.9 Å². The summed E-state index contributed by atoms with van der Waals surface area (Å²) >= 11 is 0. The summed E-state index contributed by atoms with van der Waals surface area (Å²) < 4.78 is 67.3. The number of hydrogen-bond donors (Lipinski definition) is 0. The van der Waals surface area contributed by atoms with Crippen LogP contribution >= 0.6 is 0 Å². The molecule has 0 unspecified atom stereocenters. The predicted octanol–water partition coefficient (Wildman–Crippen LogP) is 1.86. The number of rotatable bonds is 0. The van der Waals surface area contributed by atoms with E-state index in [0.717, 1.165) is 0 Å². The van der Waals surface area contributed by atoms with Crippen molar-refractivity contribution in [2.75, 3.05) is 0 Å². The monoisotopic (exact) mass is 184 g/mol. The van der Waals surface area contributed by atoms with E-state index in [1.54, 1.807) is 0 Å². The van der Waals surface area contributed by atoms with Crippen LogP contribution < -0.4 is 0 Å². The number of hydrogen-bond acceptors (Lipinski definition) is 2. The Hall–Kier alpha value is -0.660. The zero-order chi connectivity index (χ0) is 8.78. The van der Waals surface area contributed by atoms with E-state index < -0.39 is 23.0 Å². The van der Waals surface area contributed by atoms with Gasteiger partial charge in [-0.25, -0.2) is 4.39 Å². The molecule has 10 heavy (non-hydrogen) atoms. The third kappa shape index (κ3) is 164. The molecule has 62 valence electrons. The molecule has 0 aliphatic heterocycles. The standard InChI is InChI=1S/C2HF3.F2O2S/c3-1-2(4)5;1-5(2,3)4/h1H;. The van der Waals surface area contributed by atoms with E-state index >= 15 is 0 Å². The normalized spacial score (nSPS) is 9.30. The smallest absolute Gasteiger partial charge is 0.210 e. The lowest BCUT2D eigenvalue weighted by atomic mass is 11.1. The van der Waals surface area contributed by atoms with Crippen LogP contribution in [0.2, 0.25) is 0 Å². The van der Waals surface area contributed by atoms with Crippen molar-refractivity contribution in [2.24, 2.45) is 0 Å². The van der Waals surface area contributed by atoms with Crippen molar-refractivity contribution >= 4 is 10.6 Å². The summed E-state index contributed by atoms with van der Waals surface area (Å²) in [6, 6.07) is 0. The highest BCUT2D eigenvalue weighted by Crippen LogP contribution is 1.93. The lowest BCUT2D eigenvalue weighted by Crippen LogP contribution is -1.69. The first-order valence-electron chi connectivity index (χ1n) is 1.53. The Labute approximate surface area is 53.5 Å². The zero-order valence-electron chi connectivity index (χ0n) is 4.19. The Morgan fingerprint density at radius 1 is 1.20 bits per heavy atom. The lowest BCUT2D eigenvalue weighted by molar-refractivity contribution is 0.400. The fourth-order valence-electron chi connectivity index (χ4n) is 0. The molecule has 0 aromatic carbocycles. The van der Waals surface area contributed by atoms with Crippen molar-refractivity contribution in [3.63, 3.8) is 0 Å². The van der Waals surface area contributed by atoms with Gasteiger partial charge in [-0.15, -0.1) is 0 Å². The topological polar surface area (TPSA) is 34.1 Å². The van der Waals surface area contributed by atoms with E-state index in [1.165, 1.54) is 0 Å². The molecule has 0 rings (SSSR count). The molecule has 2 nitrogen and oxygen atoms in total. The molecule has 0 amide bonds. The van der Waals surface area contributed by atoms with Crippen LogP contribution in [-0.4, -0.2) is 8.42 Å². The summed E-state index contributed by atoms with van der Waals surface area (Å²) in [6.07, 6.45) is -3.04. The molecule has 0 aliphatic carbocycles. The molecular weight excluding hydrogens is 183 g/mol. The largest absolute Gasteiger partial charge is 0.476 e. The molecule has 0 aliphatic rings. The minimum Gasteiger partial charge on any atom is -0.210 e. The molecule has 8 heteroatoms. The molecule has 0 fully saturated rings. The molecule has 0 aromatic heterocycles. The van der Waals surface area contributed by atoms with Gasteiger partial charge in [0, 0.05) is 0 Å². The predicted molar refractivity (Wildman–Crippen MR) is 22.5 cm³/mol. The van der Waals surface area contributed by atoms with Gasteiger partial charge in [0.15, 0.2) is 6.33 Å². The second kappa shape index (κ2) is 5.15. The van der Waals surface area contributed by atoms with E-state index in [1.807, 2.05) is 0 Å². The van der Waals surface area contributed by atoms with E-state index in [2.05, 4.69) is 0 Å². The SMILES string of the molecule is FC=C(F)F.O=S(=O)(F)F. The van der Waals surface area contributed by atoms with Gasteiger partial charge in [-0.1, -0.05) is 7.77 Å². The maximum Gasteiger partial charge on any atom is 0.476 e. The van der Waals surface area contributed by atoms with Gasteiger partial charge in [0.25, 0.3) is 6.08 Å². The van der Waals surface area contributed by atoms with Crippen LogP contribution in [-0.2, 0) is 10.6 Å². The summed E-state index contributed by atoms with van der Waals surface area (Å²) in [5.41, 5.74) is 0. The first-order valence-corrected chi connectivity index (χ1v) is 2.81. The molecule has 0 saturated carbocycles. The molecule has 0 N–H and O–H groups in total. The van der Waals surface area contributed by atoms with E-state index in [4.69, 9.17) is 8.42 Å². The Bertz CT molecular complexity index is 182. The second-order valence-electron chi connectivity index (χ2n) is 0.777. The van der Waals surface area contributed by atoms with Crippen molar-refractivity contribution in [3.8, 4) is 0 Å². The minimum atomic E-state index is -5.67. The zero-order valence-corrected chi connectivity index (χ0v) is 5.01. The van der Waals surface area contributed by atoms with Gasteiger partial charge in [-0.05, 0) is 0 Å². The summed E-state index contributed by atoms with van der Waals surface area (Å²) in [4.78, 5) is 0. The van der Waals surface area contributed by atoms with Gasteiger partial charge < -0.3 is 0 Å². The second-order valence-corrected chi connectivity index (χ2v) is 1.53. The van der Waals surface area contributed by atoms with Crippen LogP contribution in [0, 0.1) is 0 Å². The molecule has 0 radical (unpaired) electrons. The van der Waals surface area contributed by atoms with Gasteiger partial charge >= 0.3 is 10.6 Å². The highest BCUT2D eigenvalue weighted by Gasteiger charge is 1.94. The van der Waals surface area contributed by atoms with Gasteiger partial charge in [0.2, 0.25) is 0 Å². The Morgan fingerprint density at radius 2 is 1.30 bits per heavy atom. The van der Waals surface area contributed by atoms with Crippen molar-refractivity contribution < 1.29 is 29.4 Å². The maximum atomic E-state index is 10.2. The van der Waals surface area contributed by atoms with Crippen molar-refractivity contribution in [3.05, 3.63) is 12.4 Å². The highest BCUT2D eigenvalue weighted by molar-refractivity contribution is 7.81. The Morgan fingerprint density at radius 3 is 1.30 bits per heavy atom. The van der Waals surface area contributed by atoms with Crippen LogP contribution in [0.3, 0.4) is 0 Å². The van der Waals surface area contributed by atoms with E-state index in [-0.39, 0.29) is 0 Å². The van der Waals surface area contributed by atoms with Crippen LogP contribution in [0.4, 0.5) is 20.9 Å². The van der Waals surface area contributed by atoms with Gasteiger partial charge in [0.1, 0.15) is 0 Å². The fraction of sp³-hybridized carbons (Fsp3) is 0. The first kappa shape index (κ1) is 12.1. The average Bonchev–Trinajstić information content (AvgIpc) is 1.61. The fourth-order valence-corrected chi connectivity index (χ4v) is 0. The molecular formula is C2HF5O2S. The summed E-state index contributed by atoms with van der Waals surface area (Å²) in [5.74, 6) is 0. The molecule has 0 atom stereocenters. The van der Waals surface area contributed by atoms with Crippen LogP contribution in [0.25, 0.3) is 0 Å². The molecule has 0 bridgehead atoms. The molecule has 0 heterocycles. The molecule has 0 aromatic rings. The van der Waals surface area contributed by atoms with Crippen molar-refractivity contribution in [1.82, 2.24) is 0 Å².